The van der Waals surface area contributed by atoms with E-state index in [9.17, 15) is 0 Å². The molecule has 0 aliphatic rings. The van der Waals surface area contributed by atoms with E-state index in [4.69, 9.17) is 5.11 Å². The summed E-state index contributed by atoms with van der Waals surface area (Å²) in [5.41, 5.74) is 2.25. The number of hydrogen-bond donors (Lipinski definition) is 1. The molecule has 0 aromatic heterocycles. The molecule has 0 aliphatic carbocycles. The van der Waals surface area contributed by atoms with E-state index in [2.05, 4.69) is 18.2 Å². The average Bonchev–Trinajstić information content (AvgIpc) is 2.38. The molecule has 1 heteroatoms. The molecule has 0 heterocycles. The largest absolute Gasteiger partial charge is 0.508 e. The van der Waals surface area contributed by atoms with E-state index in [-0.39, 0.29) is 0 Å². The molecule has 0 atom stereocenters. The van der Waals surface area contributed by atoms with Crippen molar-refractivity contribution in [3.63, 3.8) is 0 Å². The Morgan fingerprint density at radius 3 is 1.76 bits per heavy atom. The van der Waals surface area contributed by atoms with E-state index < -0.39 is 0 Å². The Labute approximate surface area is 101 Å². The van der Waals surface area contributed by atoms with Crippen LogP contribution in [0.2, 0.25) is 0 Å². The fourth-order valence-electron chi connectivity index (χ4n) is 1.48. The van der Waals surface area contributed by atoms with Gasteiger partial charge in [-0.15, -0.1) is 0 Å². The molecule has 84 valence electrons. The number of aromatic hydroxyl groups is 1. The predicted molar refractivity (Wildman–Crippen MR) is 72.6 cm³/mol. The number of rotatable bonds is 3. The Hall–Kier alpha value is -2.28. The van der Waals surface area contributed by atoms with Crippen LogP contribution in [0.4, 0.5) is 0 Å². The lowest BCUT2D eigenvalue weighted by molar-refractivity contribution is 0.475. The number of allylic oxidation sites excluding steroid dienone is 2. The summed E-state index contributed by atoms with van der Waals surface area (Å²) in [5, 5.41) is 9.14. The first-order valence-corrected chi connectivity index (χ1v) is 5.53. The van der Waals surface area contributed by atoms with Crippen LogP contribution in [0, 0.1) is 0 Å². The standard InChI is InChI=1S/C16H14O/c17-16-12-10-15(11-13-16)9-5-4-8-14-6-2-1-3-7-14/h1-13,17H/b8-4+,9-5+. The van der Waals surface area contributed by atoms with Crippen LogP contribution < -0.4 is 0 Å². The molecule has 0 saturated carbocycles. The SMILES string of the molecule is Oc1ccc(/C=C/C=C/c2ccccc2)cc1. The predicted octanol–water partition coefficient (Wildman–Crippen LogP) is 4.12. The number of phenolic OH excluding ortho intramolecular Hbond substituents is 1. The lowest BCUT2D eigenvalue weighted by Gasteiger charge is -1.92. The van der Waals surface area contributed by atoms with Crippen LogP contribution in [0.25, 0.3) is 12.2 Å². The lowest BCUT2D eigenvalue weighted by atomic mass is 10.2. The Morgan fingerprint density at radius 1 is 0.647 bits per heavy atom. The number of hydrogen-bond acceptors (Lipinski definition) is 1. The molecule has 0 amide bonds. The van der Waals surface area contributed by atoms with Crippen molar-refractivity contribution in [1.29, 1.82) is 0 Å². The van der Waals surface area contributed by atoms with Crippen molar-refractivity contribution in [2.75, 3.05) is 0 Å². The van der Waals surface area contributed by atoms with Crippen molar-refractivity contribution in [1.82, 2.24) is 0 Å². The summed E-state index contributed by atoms with van der Waals surface area (Å²) in [7, 11) is 0. The Kier molecular flexibility index (Phi) is 3.77. The summed E-state index contributed by atoms with van der Waals surface area (Å²) in [6.07, 6.45) is 8.04. The van der Waals surface area contributed by atoms with Gasteiger partial charge >= 0.3 is 0 Å². The zero-order valence-corrected chi connectivity index (χ0v) is 9.45. The maximum atomic E-state index is 9.14. The van der Waals surface area contributed by atoms with E-state index >= 15 is 0 Å². The van der Waals surface area contributed by atoms with Gasteiger partial charge in [-0.2, -0.15) is 0 Å². The van der Waals surface area contributed by atoms with E-state index in [1.807, 2.05) is 48.6 Å². The zero-order chi connectivity index (χ0) is 11.9. The third-order valence-corrected chi connectivity index (χ3v) is 2.38. The molecule has 0 spiro atoms. The fourth-order valence-corrected chi connectivity index (χ4v) is 1.48. The van der Waals surface area contributed by atoms with Crippen molar-refractivity contribution in [2.24, 2.45) is 0 Å². The molecule has 0 fully saturated rings. The van der Waals surface area contributed by atoms with Gasteiger partial charge in [0.25, 0.3) is 0 Å². The van der Waals surface area contributed by atoms with Gasteiger partial charge in [-0.1, -0.05) is 66.8 Å². The van der Waals surface area contributed by atoms with Gasteiger partial charge in [0.2, 0.25) is 0 Å². The van der Waals surface area contributed by atoms with Crippen molar-refractivity contribution in [2.45, 2.75) is 0 Å². The zero-order valence-electron chi connectivity index (χ0n) is 9.45. The fraction of sp³-hybridized carbons (Fsp3) is 0. The highest BCUT2D eigenvalue weighted by molar-refractivity contribution is 5.57. The topological polar surface area (TPSA) is 20.2 Å². The lowest BCUT2D eigenvalue weighted by Crippen LogP contribution is -1.69. The molecule has 1 nitrogen and oxygen atoms in total. The smallest absolute Gasteiger partial charge is 0.115 e. The normalized spacial score (nSPS) is 11.3. The molecule has 2 aromatic rings. The Bertz CT molecular complexity index is 507. The monoisotopic (exact) mass is 222 g/mol. The molecular weight excluding hydrogens is 208 g/mol. The highest BCUT2D eigenvalue weighted by atomic mass is 16.3. The first-order valence-electron chi connectivity index (χ1n) is 5.53. The second kappa shape index (κ2) is 5.71. The van der Waals surface area contributed by atoms with E-state index in [0.717, 1.165) is 5.56 Å². The van der Waals surface area contributed by atoms with E-state index in [1.54, 1.807) is 12.1 Å². The summed E-state index contributed by atoms with van der Waals surface area (Å²) in [5.74, 6) is 0.293. The molecule has 0 unspecified atom stereocenters. The van der Waals surface area contributed by atoms with Gasteiger partial charge in [-0.25, -0.2) is 0 Å². The molecule has 0 saturated heterocycles. The van der Waals surface area contributed by atoms with Crippen molar-refractivity contribution in [3.05, 3.63) is 77.9 Å². The van der Waals surface area contributed by atoms with Crippen molar-refractivity contribution in [3.8, 4) is 5.75 Å². The Balaban J connectivity index is 1.98. The van der Waals surface area contributed by atoms with Crippen LogP contribution in [0.15, 0.2) is 66.7 Å². The van der Waals surface area contributed by atoms with Crippen LogP contribution >= 0.6 is 0 Å². The van der Waals surface area contributed by atoms with E-state index in [0.29, 0.717) is 5.75 Å². The molecule has 2 aromatic carbocycles. The maximum Gasteiger partial charge on any atom is 0.115 e. The minimum Gasteiger partial charge on any atom is -0.508 e. The van der Waals surface area contributed by atoms with Gasteiger partial charge in [-0.05, 0) is 23.3 Å². The van der Waals surface area contributed by atoms with Gasteiger partial charge in [0, 0.05) is 0 Å². The Morgan fingerprint density at radius 2 is 1.18 bits per heavy atom. The van der Waals surface area contributed by atoms with Gasteiger partial charge in [0.1, 0.15) is 5.75 Å². The maximum absolute atomic E-state index is 9.14. The number of phenols is 1. The summed E-state index contributed by atoms with van der Waals surface area (Å²) >= 11 is 0. The van der Waals surface area contributed by atoms with Crippen LogP contribution in [-0.4, -0.2) is 5.11 Å². The summed E-state index contributed by atoms with van der Waals surface area (Å²) in [4.78, 5) is 0. The summed E-state index contributed by atoms with van der Waals surface area (Å²) < 4.78 is 0. The van der Waals surface area contributed by atoms with Crippen LogP contribution in [0.3, 0.4) is 0 Å². The third-order valence-electron chi connectivity index (χ3n) is 2.38. The molecule has 0 radical (unpaired) electrons. The molecule has 0 aliphatic heterocycles. The molecule has 17 heavy (non-hydrogen) atoms. The van der Waals surface area contributed by atoms with Crippen LogP contribution in [0.1, 0.15) is 11.1 Å². The van der Waals surface area contributed by atoms with Gasteiger partial charge in [0.15, 0.2) is 0 Å². The molecule has 2 rings (SSSR count). The second-order valence-corrected chi connectivity index (χ2v) is 3.72. The van der Waals surface area contributed by atoms with Gasteiger partial charge in [0.05, 0.1) is 0 Å². The summed E-state index contributed by atoms with van der Waals surface area (Å²) in [6.45, 7) is 0. The molecule has 1 N–H and O–H groups in total. The minimum atomic E-state index is 0.293. The van der Waals surface area contributed by atoms with E-state index in [1.165, 1.54) is 5.56 Å². The highest BCUT2D eigenvalue weighted by Crippen LogP contribution is 2.11. The number of benzene rings is 2. The second-order valence-electron chi connectivity index (χ2n) is 3.72. The average molecular weight is 222 g/mol. The molecule has 0 bridgehead atoms. The van der Waals surface area contributed by atoms with Crippen LogP contribution in [0.5, 0.6) is 5.75 Å². The third kappa shape index (κ3) is 3.65. The van der Waals surface area contributed by atoms with Crippen LogP contribution in [-0.2, 0) is 0 Å². The van der Waals surface area contributed by atoms with Gasteiger partial charge < -0.3 is 5.11 Å². The minimum absolute atomic E-state index is 0.293. The highest BCUT2D eigenvalue weighted by Gasteiger charge is 1.86. The first-order chi connectivity index (χ1) is 8.34. The van der Waals surface area contributed by atoms with Crippen molar-refractivity contribution < 1.29 is 5.11 Å². The first kappa shape index (κ1) is 11.2. The summed E-state index contributed by atoms with van der Waals surface area (Å²) in [6, 6.07) is 17.3. The van der Waals surface area contributed by atoms with Crippen molar-refractivity contribution >= 4 is 12.2 Å². The quantitative estimate of drug-likeness (QED) is 0.774. The van der Waals surface area contributed by atoms with Gasteiger partial charge in [-0.3, -0.25) is 0 Å². The molecular formula is C16H14O.